The third kappa shape index (κ3) is 1.13. The number of alkyl halides is 1. The molecular formula is C7H9Cl. The summed E-state index contributed by atoms with van der Waals surface area (Å²) in [4.78, 5) is 0. The van der Waals surface area contributed by atoms with Gasteiger partial charge in [0.2, 0.25) is 0 Å². The molecule has 0 fully saturated rings. The van der Waals surface area contributed by atoms with E-state index in [2.05, 4.69) is 13.0 Å². The lowest BCUT2D eigenvalue weighted by atomic mass is 10.0. The number of hydrogen-bond donors (Lipinski definition) is 0. The summed E-state index contributed by atoms with van der Waals surface area (Å²) in [6, 6.07) is 0. The second-order valence-electron chi connectivity index (χ2n) is 2.07. The SMILES string of the molecule is C[C@@H]1C=CC=CC1Cl. The third-order valence-corrected chi connectivity index (χ3v) is 1.87. The average Bonchev–Trinajstić information content (AvgIpc) is 1.77. The maximum atomic E-state index is 5.83. The Morgan fingerprint density at radius 1 is 1.25 bits per heavy atom. The molecule has 0 saturated carbocycles. The summed E-state index contributed by atoms with van der Waals surface area (Å²) < 4.78 is 0. The summed E-state index contributed by atoms with van der Waals surface area (Å²) in [5, 5.41) is 0.208. The molecular weight excluding hydrogens is 120 g/mol. The first-order chi connectivity index (χ1) is 3.80. The Bertz CT molecular complexity index is 108. The third-order valence-electron chi connectivity index (χ3n) is 1.32. The Balaban J connectivity index is 2.59. The van der Waals surface area contributed by atoms with Crippen LogP contribution in [-0.2, 0) is 0 Å². The zero-order chi connectivity index (χ0) is 5.98. The molecule has 0 aromatic carbocycles. The van der Waals surface area contributed by atoms with Gasteiger partial charge in [-0.15, -0.1) is 11.6 Å². The lowest BCUT2D eigenvalue weighted by Gasteiger charge is -2.11. The van der Waals surface area contributed by atoms with Crippen molar-refractivity contribution in [3.8, 4) is 0 Å². The molecule has 0 aromatic heterocycles. The maximum absolute atomic E-state index is 5.83. The standard InChI is InChI=1S/C7H9Cl/c1-6-4-2-3-5-7(6)8/h2-7H,1H3/t6-,7?/m1/s1. The van der Waals surface area contributed by atoms with Crippen molar-refractivity contribution < 1.29 is 0 Å². The van der Waals surface area contributed by atoms with E-state index in [4.69, 9.17) is 11.6 Å². The van der Waals surface area contributed by atoms with E-state index in [0.717, 1.165) is 0 Å². The van der Waals surface area contributed by atoms with E-state index in [-0.39, 0.29) is 5.38 Å². The number of hydrogen-bond acceptors (Lipinski definition) is 0. The van der Waals surface area contributed by atoms with Crippen molar-refractivity contribution in [2.75, 3.05) is 0 Å². The minimum atomic E-state index is 0.208. The smallest absolute Gasteiger partial charge is 0.0579 e. The van der Waals surface area contributed by atoms with Crippen molar-refractivity contribution >= 4 is 11.6 Å². The Kier molecular flexibility index (Phi) is 1.74. The van der Waals surface area contributed by atoms with Crippen molar-refractivity contribution in [1.29, 1.82) is 0 Å². The predicted octanol–water partition coefficient (Wildman–Crippen LogP) is 2.36. The molecule has 2 atom stereocenters. The largest absolute Gasteiger partial charge is 0.118 e. The topological polar surface area (TPSA) is 0 Å². The van der Waals surface area contributed by atoms with Gasteiger partial charge in [-0.25, -0.2) is 0 Å². The van der Waals surface area contributed by atoms with Gasteiger partial charge in [0.15, 0.2) is 0 Å². The van der Waals surface area contributed by atoms with Crippen LogP contribution >= 0.6 is 11.6 Å². The van der Waals surface area contributed by atoms with Gasteiger partial charge in [0, 0.05) is 0 Å². The molecule has 0 heterocycles. The van der Waals surface area contributed by atoms with Crippen molar-refractivity contribution in [2.24, 2.45) is 5.92 Å². The quantitative estimate of drug-likeness (QED) is 0.440. The van der Waals surface area contributed by atoms with Crippen LogP contribution in [0.1, 0.15) is 6.92 Å². The van der Waals surface area contributed by atoms with Crippen LogP contribution < -0.4 is 0 Å². The highest BCUT2D eigenvalue weighted by molar-refractivity contribution is 6.22. The minimum Gasteiger partial charge on any atom is -0.118 e. The van der Waals surface area contributed by atoms with Gasteiger partial charge in [-0.05, 0) is 5.92 Å². The molecule has 0 spiro atoms. The Labute approximate surface area is 54.8 Å². The molecule has 0 aromatic rings. The molecule has 1 aliphatic carbocycles. The fourth-order valence-electron chi connectivity index (χ4n) is 0.691. The van der Waals surface area contributed by atoms with E-state index in [0.29, 0.717) is 5.92 Å². The van der Waals surface area contributed by atoms with E-state index in [1.54, 1.807) is 0 Å². The van der Waals surface area contributed by atoms with Gasteiger partial charge in [0.05, 0.1) is 5.38 Å². The van der Waals surface area contributed by atoms with Crippen LogP contribution in [0.4, 0.5) is 0 Å². The van der Waals surface area contributed by atoms with E-state index < -0.39 is 0 Å². The summed E-state index contributed by atoms with van der Waals surface area (Å²) in [6.45, 7) is 2.11. The van der Waals surface area contributed by atoms with Gasteiger partial charge in [-0.3, -0.25) is 0 Å². The van der Waals surface area contributed by atoms with Crippen LogP contribution in [0.3, 0.4) is 0 Å². The predicted molar refractivity (Wildman–Crippen MR) is 37.1 cm³/mol. The minimum absolute atomic E-state index is 0.208. The second-order valence-corrected chi connectivity index (χ2v) is 2.58. The summed E-state index contributed by atoms with van der Waals surface area (Å²) in [6.07, 6.45) is 8.13. The molecule has 8 heavy (non-hydrogen) atoms. The first kappa shape index (κ1) is 5.90. The Morgan fingerprint density at radius 2 is 1.88 bits per heavy atom. The summed E-state index contributed by atoms with van der Waals surface area (Å²) in [5.41, 5.74) is 0. The van der Waals surface area contributed by atoms with Gasteiger partial charge >= 0.3 is 0 Å². The first-order valence-corrected chi connectivity index (χ1v) is 3.23. The molecule has 1 rings (SSSR count). The lowest BCUT2D eigenvalue weighted by molar-refractivity contribution is 0.745. The summed E-state index contributed by atoms with van der Waals surface area (Å²) in [5.74, 6) is 0.502. The lowest BCUT2D eigenvalue weighted by Crippen LogP contribution is -2.06. The fourth-order valence-corrected chi connectivity index (χ4v) is 0.859. The molecule has 0 nitrogen and oxygen atoms in total. The van der Waals surface area contributed by atoms with Crippen LogP contribution in [0.25, 0.3) is 0 Å². The van der Waals surface area contributed by atoms with Crippen LogP contribution in [0.2, 0.25) is 0 Å². The van der Waals surface area contributed by atoms with Crippen molar-refractivity contribution in [1.82, 2.24) is 0 Å². The van der Waals surface area contributed by atoms with Crippen LogP contribution in [-0.4, -0.2) is 5.38 Å². The molecule has 0 N–H and O–H groups in total. The number of allylic oxidation sites excluding steroid dienone is 4. The Hall–Kier alpha value is -0.230. The van der Waals surface area contributed by atoms with Crippen LogP contribution in [0.5, 0.6) is 0 Å². The van der Waals surface area contributed by atoms with Gasteiger partial charge < -0.3 is 0 Å². The normalized spacial score (nSPS) is 35.8. The fraction of sp³-hybridized carbons (Fsp3) is 0.429. The monoisotopic (exact) mass is 128 g/mol. The summed E-state index contributed by atoms with van der Waals surface area (Å²) >= 11 is 5.83. The molecule has 0 radical (unpaired) electrons. The van der Waals surface area contributed by atoms with Crippen LogP contribution in [0, 0.1) is 5.92 Å². The average molecular weight is 129 g/mol. The molecule has 0 aliphatic heterocycles. The Morgan fingerprint density at radius 3 is 2.25 bits per heavy atom. The molecule has 1 unspecified atom stereocenters. The van der Waals surface area contributed by atoms with Gasteiger partial charge in [-0.1, -0.05) is 31.2 Å². The molecule has 1 aliphatic rings. The van der Waals surface area contributed by atoms with E-state index >= 15 is 0 Å². The highest BCUT2D eigenvalue weighted by Crippen LogP contribution is 2.16. The van der Waals surface area contributed by atoms with Crippen molar-refractivity contribution in [2.45, 2.75) is 12.3 Å². The van der Waals surface area contributed by atoms with Crippen molar-refractivity contribution in [3.05, 3.63) is 24.3 Å². The van der Waals surface area contributed by atoms with Gasteiger partial charge in [-0.2, -0.15) is 0 Å². The highest BCUT2D eigenvalue weighted by Gasteiger charge is 2.08. The number of halogens is 1. The van der Waals surface area contributed by atoms with Gasteiger partial charge in [0.1, 0.15) is 0 Å². The second kappa shape index (κ2) is 2.36. The highest BCUT2D eigenvalue weighted by atomic mass is 35.5. The zero-order valence-electron chi connectivity index (χ0n) is 4.84. The maximum Gasteiger partial charge on any atom is 0.0579 e. The van der Waals surface area contributed by atoms with Gasteiger partial charge in [0.25, 0.3) is 0 Å². The van der Waals surface area contributed by atoms with E-state index in [1.807, 2.05) is 18.2 Å². The molecule has 0 amide bonds. The molecule has 0 saturated heterocycles. The van der Waals surface area contributed by atoms with E-state index in [9.17, 15) is 0 Å². The van der Waals surface area contributed by atoms with E-state index in [1.165, 1.54) is 0 Å². The first-order valence-electron chi connectivity index (χ1n) is 2.80. The van der Waals surface area contributed by atoms with Crippen molar-refractivity contribution in [3.63, 3.8) is 0 Å². The summed E-state index contributed by atoms with van der Waals surface area (Å²) in [7, 11) is 0. The molecule has 44 valence electrons. The number of rotatable bonds is 0. The zero-order valence-corrected chi connectivity index (χ0v) is 5.60. The molecule has 0 bridgehead atoms. The molecule has 1 heteroatoms. The van der Waals surface area contributed by atoms with Crippen LogP contribution in [0.15, 0.2) is 24.3 Å².